The summed E-state index contributed by atoms with van der Waals surface area (Å²) in [5.74, 6) is 0.226. The molecular weight excluding hydrogens is 380 g/mol. The molecule has 1 aliphatic rings. The van der Waals surface area contributed by atoms with Crippen LogP contribution in [0.1, 0.15) is 31.0 Å². The molecule has 1 saturated heterocycles. The van der Waals surface area contributed by atoms with Gasteiger partial charge in [-0.05, 0) is 56.4 Å². The van der Waals surface area contributed by atoms with E-state index in [0.29, 0.717) is 35.7 Å². The van der Waals surface area contributed by atoms with E-state index in [4.69, 9.17) is 0 Å². The van der Waals surface area contributed by atoms with Crippen molar-refractivity contribution < 1.29 is 4.79 Å². The molecule has 3 aromatic rings. The first-order valence-corrected chi connectivity index (χ1v) is 10.3. The van der Waals surface area contributed by atoms with Gasteiger partial charge in [-0.2, -0.15) is 0 Å². The number of benzene rings is 1. The smallest absolute Gasteiger partial charge is 0.337 e. The Bertz CT molecular complexity index is 1230. The number of aryl methyl sites for hydroxylation is 2. The summed E-state index contributed by atoms with van der Waals surface area (Å²) < 4.78 is 2.49. The number of piperidine rings is 1. The highest BCUT2D eigenvalue weighted by molar-refractivity contribution is 5.81. The molecule has 1 fully saturated rings. The number of hydrogen-bond donors (Lipinski definition) is 0. The fourth-order valence-corrected chi connectivity index (χ4v) is 4.28. The van der Waals surface area contributed by atoms with E-state index in [1.807, 2.05) is 38.1 Å². The Hall–Kier alpha value is -3.22. The Morgan fingerprint density at radius 2 is 1.90 bits per heavy atom. The van der Waals surface area contributed by atoms with E-state index in [1.165, 1.54) is 4.57 Å². The molecule has 1 aromatic carbocycles. The van der Waals surface area contributed by atoms with Gasteiger partial charge in [-0.15, -0.1) is 0 Å². The average molecular weight is 406 g/mol. The second kappa shape index (κ2) is 7.89. The van der Waals surface area contributed by atoms with Gasteiger partial charge in [0.15, 0.2) is 5.65 Å². The van der Waals surface area contributed by atoms with Gasteiger partial charge in [0.05, 0.1) is 11.1 Å². The van der Waals surface area contributed by atoms with E-state index in [1.54, 1.807) is 17.0 Å². The maximum Gasteiger partial charge on any atom is 0.337 e. The number of hydrogen-bond acceptors (Lipinski definition) is 4. The Labute approximate surface area is 174 Å². The van der Waals surface area contributed by atoms with Crippen molar-refractivity contribution in [2.75, 3.05) is 13.1 Å². The zero-order chi connectivity index (χ0) is 21.4. The summed E-state index contributed by atoms with van der Waals surface area (Å²) >= 11 is 0. The lowest BCUT2D eigenvalue weighted by Crippen LogP contribution is -2.47. The van der Waals surface area contributed by atoms with Crippen LogP contribution in [0.15, 0.2) is 46.0 Å². The van der Waals surface area contributed by atoms with Gasteiger partial charge < -0.3 is 4.90 Å². The number of rotatable bonds is 3. The number of fused-ring (bicyclic) bond motifs is 1. The van der Waals surface area contributed by atoms with Crippen molar-refractivity contribution >= 4 is 16.9 Å². The highest BCUT2D eigenvalue weighted by Crippen LogP contribution is 2.18. The van der Waals surface area contributed by atoms with Crippen LogP contribution in [0.3, 0.4) is 0 Å². The number of pyridine rings is 1. The zero-order valence-electron chi connectivity index (χ0n) is 17.6. The molecule has 0 radical (unpaired) electrons. The fourth-order valence-electron chi connectivity index (χ4n) is 4.28. The van der Waals surface area contributed by atoms with Gasteiger partial charge in [-0.1, -0.05) is 25.1 Å². The largest absolute Gasteiger partial charge is 0.341 e. The van der Waals surface area contributed by atoms with Crippen LogP contribution in [-0.2, 0) is 11.3 Å². The molecule has 0 aliphatic carbocycles. The molecule has 1 amide bonds. The molecule has 1 aliphatic heterocycles. The fraction of sp³-hybridized carbons (Fsp3) is 0.391. The number of para-hydroxylation sites is 1. The predicted molar refractivity (Wildman–Crippen MR) is 116 cm³/mol. The van der Waals surface area contributed by atoms with E-state index < -0.39 is 11.2 Å². The normalized spacial score (nSPS) is 16.8. The van der Waals surface area contributed by atoms with Crippen LogP contribution >= 0.6 is 0 Å². The topological polar surface area (TPSA) is 77.2 Å². The summed E-state index contributed by atoms with van der Waals surface area (Å²) in [6.45, 7) is 6.84. The summed E-state index contributed by atoms with van der Waals surface area (Å²) in [6.07, 6.45) is 2.03. The molecule has 0 spiro atoms. The van der Waals surface area contributed by atoms with Gasteiger partial charge in [-0.3, -0.25) is 9.59 Å². The number of carbonyl (C=O) groups excluding carboxylic acids is 1. The van der Waals surface area contributed by atoms with E-state index in [2.05, 4.69) is 11.9 Å². The van der Waals surface area contributed by atoms with Crippen LogP contribution in [0, 0.1) is 19.8 Å². The standard InChI is InChI=1S/C23H26N4O3/c1-15-8-7-11-25(13-15)19(28)14-26-22(29)20-16(2)12-17(3)24-21(20)27(23(26)30)18-9-5-4-6-10-18/h4-6,9-10,12,15H,7-8,11,13-14H2,1-3H3/t15-/m0/s1. The molecule has 0 bridgehead atoms. The average Bonchev–Trinajstić information content (AvgIpc) is 2.71. The summed E-state index contributed by atoms with van der Waals surface area (Å²) in [5, 5.41) is 0.365. The lowest BCUT2D eigenvalue weighted by Gasteiger charge is -2.31. The van der Waals surface area contributed by atoms with Gasteiger partial charge in [0.2, 0.25) is 5.91 Å². The minimum absolute atomic E-state index is 0.197. The van der Waals surface area contributed by atoms with Crippen LogP contribution < -0.4 is 11.2 Å². The number of nitrogens with zero attached hydrogens (tertiary/aromatic N) is 4. The molecule has 7 nitrogen and oxygen atoms in total. The molecule has 0 unspecified atom stereocenters. The van der Waals surface area contributed by atoms with Gasteiger partial charge >= 0.3 is 5.69 Å². The molecule has 156 valence electrons. The lowest BCUT2D eigenvalue weighted by molar-refractivity contribution is -0.133. The molecule has 30 heavy (non-hydrogen) atoms. The van der Waals surface area contributed by atoms with Crippen molar-refractivity contribution in [1.29, 1.82) is 0 Å². The van der Waals surface area contributed by atoms with Crippen LogP contribution in [0.5, 0.6) is 0 Å². The van der Waals surface area contributed by atoms with Gasteiger partial charge in [0, 0.05) is 18.8 Å². The number of amides is 1. The molecule has 4 rings (SSSR count). The third-order valence-corrected chi connectivity index (χ3v) is 5.74. The van der Waals surface area contributed by atoms with Gasteiger partial charge in [0.1, 0.15) is 6.54 Å². The number of likely N-dealkylation sites (tertiary alicyclic amines) is 1. The highest BCUT2D eigenvalue weighted by Gasteiger charge is 2.24. The van der Waals surface area contributed by atoms with Gasteiger partial charge in [0.25, 0.3) is 5.56 Å². The van der Waals surface area contributed by atoms with Crippen molar-refractivity contribution in [2.24, 2.45) is 5.92 Å². The summed E-state index contributed by atoms with van der Waals surface area (Å²) in [7, 11) is 0. The molecule has 1 atom stereocenters. The third-order valence-electron chi connectivity index (χ3n) is 5.74. The van der Waals surface area contributed by atoms with Crippen molar-refractivity contribution in [1.82, 2.24) is 19.0 Å². The third kappa shape index (κ3) is 3.56. The molecule has 3 heterocycles. The Morgan fingerprint density at radius 3 is 2.60 bits per heavy atom. The maximum atomic E-state index is 13.4. The second-order valence-corrected chi connectivity index (χ2v) is 8.21. The van der Waals surface area contributed by atoms with E-state index >= 15 is 0 Å². The van der Waals surface area contributed by atoms with Crippen LogP contribution in [0.25, 0.3) is 16.7 Å². The monoisotopic (exact) mass is 406 g/mol. The molecular formula is C23H26N4O3. The Morgan fingerprint density at radius 1 is 1.17 bits per heavy atom. The minimum atomic E-state index is -0.547. The molecule has 7 heteroatoms. The number of aromatic nitrogens is 3. The molecule has 0 N–H and O–H groups in total. The van der Waals surface area contributed by atoms with Crippen molar-refractivity contribution in [3.63, 3.8) is 0 Å². The predicted octanol–water partition coefficient (Wildman–Crippen LogP) is 2.42. The second-order valence-electron chi connectivity index (χ2n) is 8.21. The zero-order valence-corrected chi connectivity index (χ0v) is 17.6. The maximum absolute atomic E-state index is 13.4. The first-order valence-electron chi connectivity index (χ1n) is 10.3. The SMILES string of the molecule is Cc1cc(C)c2c(=O)n(CC(=O)N3CCC[C@H](C)C3)c(=O)n(-c3ccccc3)c2n1. The van der Waals surface area contributed by atoms with E-state index in [9.17, 15) is 14.4 Å². The molecule has 0 saturated carbocycles. The first kappa shape index (κ1) is 20.1. The summed E-state index contributed by atoms with van der Waals surface area (Å²) in [6, 6.07) is 10.9. The van der Waals surface area contributed by atoms with Crippen LogP contribution in [0.2, 0.25) is 0 Å². The van der Waals surface area contributed by atoms with E-state index in [-0.39, 0.29) is 12.5 Å². The van der Waals surface area contributed by atoms with E-state index in [0.717, 1.165) is 28.7 Å². The summed E-state index contributed by atoms with van der Waals surface area (Å²) in [4.78, 5) is 45.9. The summed E-state index contributed by atoms with van der Waals surface area (Å²) in [5.41, 5.74) is 1.38. The highest BCUT2D eigenvalue weighted by atomic mass is 16.2. The molecule has 2 aromatic heterocycles. The quantitative estimate of drug-likeness (QED) is 0.669. The number of carbonyl (C=O) groups is 1. The first-order chi connectivity index (χ1) is 14.4. The Balaban J connectivity index is 1.91. The Kier molecular flexibility index (Phi) is 5.28. The van der Waals surface area contributed by atoms with Crippen molar-refractivity contribution in [3.05, 3.63) is 68.5 Å². The lowest BCUT2D eigenvalue weighted by atomic mass is 10.0. The van der Waals surface area contributed by atoms with Crippen LogP contribution in [0.4, 0.5) is 0 Å². The van der Waals surface area contributed by atoms with Crippen molar-refractivity contribution in [3.8, 4) is 5.69 Å². The minimum Gasteiger partial charge on any atom is -0.341 e. The van der Waals surface area contributed by atoms with Crippen LogP contribution in [-0.4, -0.2) is 38.0 Å². The van der Waals surface area contributed by atoms with Crippen molar-refractivity contribution in [2.45, 2.75) is 40.2 Å². The van der Waals surface area contributed by atoms with Gasteiger partial charge in [-0.25, -0.2) is 18.9 Å².